The first-order valence-electron chi connectivity index (χ1n) is 5.75. The fraction of sp³-hybridized carbons (Fsp3) is 0.385. The molecule has 0 aliphatic carbocycles. The molecule has 0 saturated carbocycles. The van der Waals surface area contributed by atoms with Gasteiger partial charge >= 0.3 is 5.97 Å². The van der Waals surface area contributed by atoms with Gasteiger partial charge < -0.3 is 20.1 Å². The maximum atomic E-state index is 12.2. The van der Waals surface area contributed by atoms with Crippen molar-refractivity contribution in [3.63, 3.8) is 0 Å². The zero-order valence-electron chi connectivity index (χ0n) is 11.3. The topological polar surface area (TPSA) is 81.9 Å². The fourth-order valence-corrected chi connectivity index (χ4v) is 1.56. The predicted molar refractivity (Wildman–Crippen MR) is 71.0 cm³/mol. The van der Waals surface area contributed by atoms with Crippen LogP contribution in [-0.4, -0.2) is 44.6 Å². The summed E-state index contributed by atoms with van der Waals surface area (Å²) < 4.78 is 9.65. The summed E-state index contributed by atoms with van der Waals surface area (Å²) in [5.74, 6) is -0.170. The Kier molecular flexibility index (Phi) is 5.17. The first-order chi connectivity index (χ1) is 8.99. The highest BCUT2D eigenvalue weighted by molar-refractivity contribution is 5.97. The molecule has 0 spiro atoms. The second-order valence-corrected chi connectivity index (χ2v) is 4.01. The minimum absolute atomic E-state index is 0.142. The van der Waals surface area contributed by atoms with Gasteiger partial charge in [-0.05, 0) is 18.2 Å². The van der Waals surface area contributed by atoms with Crippen molar-refractivity contribution < 1.29 is 19.1 Å². The number of methoxy groups -OCH3 is 2. The zero-order valence-corrected chi connectivity index (χ0v) is 11.3. The summed E-state index contributed by atoms with van der Waals surface area (Å²) in [4.78, 5) is 24.7. The van der Waals surface area contributed by atoms with Gasteiger partial charge in [0, 0.05) is 19.3 Å². The molecule has 1 aromatic carbocycles. The van der Waals surface area contributed by atoms with E-state index in [4.69, 9.17) is 10.5 Å². The van der Waals surface area contributed by atoms with E-state index in [0.717, 1.165) is 0 Å². The van der Waals surface area contributed by atoms with E-state index in [0.29, 0.717) is 17.0 Å². The fourth-order valence-electron chi connectivity index (χ4n) is 1.56. The number of carbonyl (C=O) groups is 2. The minimum atomic E-state index is -0.362. The van der Waals surface area contributed by atoms with Crippen LogP contribution in [0.25, 0.3) is 0 Å². The average molecular weight is 266 g/mol. The predicted octanol–water partition coefficient (Wildman–Crippen LogP) is 0.912. The summed E-state index contributed by atoms with van der Waals surface area (Å²) in [6, 6.07) is 4.84. The van der Waals surface area contributed by atoms with Crippen molar-refractivity contribution >= 4 is 17.6 Å². The summed E-state index contributed by atoms with van der Waals surface area (Å²) in [6.07, 6.45) is 0.142. The number of carbonyl (C=O) groups excluding carboxylic acids is 2. The van der Waals surface area contributed by atoms with Gasteiger partial charge in [0.25, 0.3) is 5.91 Å². The van der Waals surface area contributed by atoms with E-state index < -0.39 is 0 Å². The van der Waals surface area contributed by atoms with Crippen molar-refractivity contribution in [1.82, 2.24) is 4.90 Å². The molecule has 19 heavy (non-hydrogen) atoms. The summed E-state index contributed by atoms with van der Waals surface area (Å²) >= 11 is 0. The summed E-state index contributed by atoms with van der Waals surface area (Å²) in [5, 5.41) is 0. The number of ether oxygens (including phenoxy) is 2. The second kappa shape index (κ2) is 6.63. The van der Waals surface area contributed by atoms with Crippen LogP contribution in [0.3, 0.4) is 0 Å². The highest BCUT2D eigenvalue weighted by Gasteiger charge is 2.17. The Morgan fingerprint density at radius 3 is 2.58 bits per heavy atom. The van der Waals surface area contributed by atoms with E-state index >= 15 is 0 Å². The maximum absolute atomic E-state index is 12.2. The normalized spacial score (nSPS) is 9.84. The van der Waals surface area contributed by atoms with Gasteiger partial charge in [-0.15, -0.1) is 0 Å². The van der Waals surface area contributed by atoms with Crippen molar-refractivity contribution in [2.24, 2.45) is 0 Å². The molecule has 0 aliphatic rings. The molecule has 0 aromatic heterocycles. The number of nitrogens with zero attached hydrogens (tertiary/aromatic N) is 1. The number of anilines is 1. The van der Waals surface area contributed by atoms with E-state index in [1.807, 2.05) is 0 Å². The Morgan fingerprint density at radius 1 is 1.32 bits per heavy atom. The van der Waals surface area contributed by atoms with E-state index in [9.17, 15) is 9.59 Å². The van der Waals surface area contributed by atoms with Gasteiger partial charge in [-0.2, -0.15) is 0 Å². The molecule has 0 saturated heterocycles. The van der Waals surface area contributed by atoms with E-state index in [2.05, 4.69) is 4.74 Å². The van der Waals surface area contributed by atoms with E-state index in [1.165, 1.54) is 19.1 Å². The molecule has 0 unspecified atom stereocenters. The Balaban J connectivity index is 2.81. The van der Waals surface area contributed by atoms with Gasteiger partial charge in [-0.1, -0.05) is 0 Å². The van der Waals surface area contributed by atoms with Gasteiger partial charge in [0.2, 0.25) is 0 Å². The number of benzene rings is 1. The smallest absolute Gasteiger partial charge is 0.307 e. The lowest BCUT2D eigenvalue weighted by Gasteiger charge is -2.18. The van der Waals surface area contributed by atoms with Crippen molar-refractivity contribution in [2.45, 2.75) is 6.42 Å². The third kappa shape index (κ3) is 3.87. The largest absolute Gasteiger partial charge is 0.496 e. The first-order valence-corrected chi connectivity index (χ1v) is 5.75. The average Bonchev–Trinajstić information content (AvgIpc) is 2.43. The molecule has 6 nitrogen and oxygen atoms in total. The van der Waals surface area contributed by atoms with Crippen molar-refractivity contribution in [2.75, 3.05) is 33.5 Å². The third-order valence-electron chi connectivity index (χ3n) is 2.68. The Labute approximate surface area is 112 Å². The number of hydrogen-bond acceptors (Lipinski definition) is 5. The molecule has 104 valence electrons. The Morgan fingerprint density at radius 2 is 2.00 bits per heavy atom. The molecule has 0 heterocycles. The molecule has 1 amide bonds. The SMILES string of the molecule is COC(=O)CCN(C)C(=O)c1cc(N)ccc1OC. The molecular weight excluding hydrogens is 248 g/mol. The lowest BCUT2D eigenvalue weighted by molar-refractivity contribution is -0.140. The lowest BCUT2D eigenvalue weighted by Crippen LogP contribution is -2.29. The zero-order chi connectivity index (χ0) is 14.4. The van der Waals surface area contributed by atoms with Crippen molar-refractivity contribution in [1.29, 1.82) is 0 Å². The number of esters is 1. The quantitative estimate of drug-likeness (QED) is 0.633. The van der Waals surface area contributed by atoms with Gasteiger partial charge in [0.05, 0.1) is 26.2 Å². The molecule has 1 aromatic rings. The summed E-state index contributed by atoms with van der Waals surface area (Å²) in [6.45, 7) is 0.267. The van der Waals surface area contributed by atoms with Gasteiger partial charge in [0.15, 0.2) is 0 Å². The van der Waals surface area contributed by atoms with Gasteiger partial charge in [-0.3, -0.25) is 9.59 Å². The van der Waals surface area contributed by atoms with Crippen LogP contribution in [0, 0.1) is 0 Å². The number of nitrogens with two attached hydrogens (primary N) is 1. The van der Waals surface area contributed by atoms with Crippen LogP contribution < -0.4 is 10.5 Å². The van der Waals surface area contributed by atoms with Crippen LogP contribution in [0.15, 0.2) is 18.2 Å². The third-order valence-corrected chi connectivity index (χ3v) is 2.68. The molecule has 1 rings (SSSR count). The van der Waals surface area contributed by atoms with Gasteiger partial charge in [-0.25, -0.2) is 0 Å². The number of hydrogen-bond donors (Lipinski definition) is 1. The maximum Gasteiger partial charge on any atom is 0.307 e. The first kappa shape index (κ1) is 14.8. The second-order valence-electron chi connectivity index (χ2n) is 4.01. The molecule has 0 fully saturated rings. The number of amides is 1. The Hall–Kier alpha value is -2.24. The summed E-state index contributed by atoms with van der Waals surface area (Å²) in [7, 11) is 4.40. The molecule has 0 aliphatic heterocycles. The van der Waals surface area contributed by atoms with E-state index in [-0.39, 0.29) is 24.8 Å². The Bertz CT molecular complexity index is 474. The van der Waals surface area contributed by atoms with Gasteiger partial charge in [0.1, 0.15) is 5.75 Å². The minimum Gasteiger partial charge on any atom is -0.496 e. The number of rotatable bonds is 5. The standard InChI is InChI=1S/C13H18N2O4/c1-15(7-6-12(16)19-3)13(17)10-8-9(14)4-5-11(10)18-2/h4-5,8H,6-7,14H2,1-3H3. The molecule has 0 radical (unpaired) electrons. The molecule has 0 bridgehead atoms. The highest BCUT2D eigenvalue weighted by Crippen LogP contribution is 2.22. The monoisotopic (exact) mass is 266 g/mol. The van der Waals surface area contributed by atoms with Crippen LogP contribution >= 0.6 is 0 Å². The van der Waals surface area contributed by atoms with Crippen LogP contribution in [0.4, 0.5) is 5.69 Å². The molecular formula is C13H18N2O4. The van der Waals surface area contributed by atoms with Crippen LogP contribution in [0.5, 0.6) is 5.75 Å². The molecule has 0 atom stereocenters. The van der Waals surface area contributed by atoms with Crippen molar-refractivity contribution in [3.8, 4) is 5.75 Å². The lowest BCUT2D eigenvalue weighted by atomic mass is 10.1. The highest BCUT2D eigenvalue weighted by atomic mass is 16.5. The summed E-state index contributed by atoms with van der Waals surface area (Å²) in [5.41, 5.74) is 6.51. The number of nitrogen functional groups attached to an aromatic ring is 1. The van der Waals surface area contributed by atoms with E-state index in [1.54, 1.807) is 25.2 Å². The van der Waals surface area contributed by atoms with Crippen LogP contribution in [0.2, 0.25) is 0 Å². The molecule has 2 N–H and O–H groups in total. The molecule has 6 heteroatoms. The van der Waals surface area contributed by atoms with Crippen molar-refractivity contribution in [3.05, 3.63) is 23.8 Å². The van der Waals surface area contributed by atoms with Crippen LogP contribution in [0.1, 0.15) is 16.8 Å². The van der Waals surface area contributed by atoms with Crippen LogP contribution in [-0.2, 0) is 9.53 Å².